The van der Waals surface area contributed by atoms with Crippen molar-refractivity contribution in [3.63, 3.8) is 0 Å². The van der Waals surface area contributed by atoms with Gasteiger partial charge in [0.1, 0.15) is 6.10 Å². The minimum Gasteiger partial charge on any atom is -0.383 e. The van der Waals surface area contributed by atoms with Crippen LogP contribution in [0.5, 0.6) is 0 Å². The summed E-state index contributed by atoms with van der Waals surface area (Å²) in [7, 11) is 0. The third-order valence-electron chi connectivity index (χ3n) is 3.61. The number of thioether (sulfide) groups is 1. The Bertz CT molecular complexity index is 466. The number of unbranched alkanes of at least 4 members (excludes halogenated alkanes) is 5. The first-order valence-corrected chi connectivity index (χ1v) is 9.30. The quantitative estimate of drug-likeness (QED) is 0.501. The van der Waals surface area contributed by atoms with Gasteiger partial charge in [-0.2, -0.15) is 0 Å². The van der Waals surface area contributed by atoms with Crippen LogP contribution in [0.4, 0.5) is 5.69 Å². The summed E-state index contributed by atoms with van der Waals surface area (Å²) in [6, 6.07) is 1.93. The fourth-order valence-corrected chi connectivity index (χ4v) is 2.87. The normalized spacial score (nSPS) is 12.2. The van der Waals surface area contributed by atoms with E-state index in [2.05, 4.69) is 17.2 Å². The molecule has 1 amide bonds. The van der Waals surface area contributed by atoms with E-state index in [-0.39, 0.29) is 5.91 Å². The van der Waals surface area contributed by atoms with Gasteiger partial charge in [-0.15, -0.1) is 11.8 Å². The van der Waals surface area contributed by atoms with Crippen LogP contribution in [0.1, 0.15) is 57.6 Å². The van der Waals surface area contributed by atoms with Gasteiger partial charge in [0, 0.05) is 10.6 Å². The van der Waals surface area contributed by atoms with E-state index in [0.29, 0.717) is 12.1 Å². The summed E-state index contributed by atoms with van der Waals surface area (Å²) in [5, 5.41) is 12.7. The molecule has 1 atom stereocenters. The molecule has 0 spiro atoms. The van der Waals surface area contributed by atoms with Crippen LogP contribution in [0, 0.1) is 6.92 Å². The largest absolute Gasteiger partial charge is 0.383 e. The van der Waals surface area contributed by atoms with Crippen molar-refractivity contribution in [3.05, 3.63) is 18.0 Å². The van der Waals surface area contributed by atoms with E-state index >= 15 is 0 Å². The molecule has 0 aliphatic heterocycles. The average Bonchev–Trinajstić information content (AvgIpc) is 2.52. The van der Waals surface area contributed by atoms with Crippen LogP contribution in [0.25, 0.3) is 0 Å². The third kappa shape index (κ3) is 6.79. The molecule has 1 aromatic heterocycles. The van der Waals surface area contributed by atoms with E-state index < -0.39 is 6.10 Å². The van der Waals surface area contributed by atoms with Crippen molar-refractivity contribution < 1.29 is 9.90 Å². The highest BCUT2D eigenvalue weighted by atomic mass is 32.2. The highest BCUT2D eigenvalue weighted by molar-refractivity contribution is 7.98. The number of pyridine rings is 1. The third-order valence-corrected chi connectivity index (χ3v) is 4.39. The molecule has 1 heterocycles. The van der Waals surface area contributed by atoms with Crippen molar-refractivity contribution in [3.8, 4) is 0 Å². The van der Waals surface area contributed by atoms with Gasteiger partial charge in [0.15, 0.2) is 0 Å². The number of carbonyl (C=O) groups excluding carboxylic acids is 1. The zero-order valence-electron chi connectivity index (χ0n) is 13.9. The van der Waals surface area contributed by atoms with Gasteiger partial charge in [0.2, 0.25) is 0 Å². The van der Waals surface area contributed by atoms with Gasteiger partial charge in [0.25, 0.3) is 5.91 Å². The van der Waals surface area contributed by atoms with Crippen LogP contribution < -0.4 is 5.32 Å². The van der Waals surface area contributed by atoms with E-state index in [9.17, 15) is 9.90 Å². The Hall–Kier alpha value is -1.07. The molecule has 2 N–H and O–H groups in total. The summed E-state index contributed by atoms with van der Waals surface area (Å²) in [6.07, 6.45) is 10.1. The second-order valence-electron chi connectivity index (χ2n) is 5.59. The second kappa shape index (κ2) is 10.6. The molecule has 0 unspecified atom stereocenters. The molecule has 1 aromatic rings. The van der Waals surface area contributed by atoms with Gasteiger partial charge in [-0.05, 0) is 25.7 Å². The van der Waals surface area contributed by atoms with Crippen LogP contribution in [0.15, 0.2) is 17.2 Å². The molecule has 0 bridgehead atoms. The molecule has 5 heteroatoms. The Morgan fingerprint density at radius 2 is 2.00 bits per heavy atom. The van der Waals surface area contributed by atoms with Gasteiger partial charge in [-0.3, -0.25) is 9.78 Å². The number of nitrogens with zero attached hydrogens (tertiary/aromatic N) is 1. The summed E-state index contributed by atoms with van der Waals surface area (Å²) >= 11 is 1.56. The number of amides is 1. The van der Waals surface area contributed by atoms with Crippen molar-refractivity contribution in [1.29, 1.82) is 0 Å². The SMILES string of the molecule is CCCCCCCC[C@@H](O)C(=O)Nc1cnc(C)cc1SC. The molecule has 0 aromatic carbocycles. The molecule has 0 radical (unpaired) electrons. The molecule has 124 valence electrons. The summed E-state index contributed by atoms with van der Waals surface area (Å²) in [5.74, 6) is -0.338. The minimum atomic E-state index is -0.942. The second-order valence-corrected chi connectivity index (χ2v) is 6.44. The number of carbonyl (C=O) groups is 1. The molecular formula is C17H28N2O2S. The predicted molar refractivity (Wildman–Crippen MR) is 93.4 cm³/mol. The highest BCUT2D eigenvalue weighted by Crippen LogP contribution is 2.25. The number of aromatic nitrogens is 1. The van der Waals surface area contributed by atoms with Crippen molar-refractivity contribution >= 4 is 23.4 Å². The topological polar surface area (TPSA) is 62.2 Å². The van der Waals surface area contributed by atoms with Gasteiger partial charge >= 0.3 is 0 Å². The number of rotatable bonds is 10. The number of nitrogens with one attached hydrogen (secondary N) is 1. The summed E-state index contributed by atoms with van der Waals surface area (Å²) in [4.78, 5) is 17.2. The molecule has 4 nitrogen and oxygen atoms in total. The molecule has 0 aliphatic carbocycles. The van der Waals surface area contributed by atoms with Crippen molar-refractivity contribution in [2.75, 3.05) is 11.6 Å². The van der Waals surface area contributed by atoms with Crippen LogP contribution in [0.3, 0.4) is 0 Å². The molecule has 0 saturated heterocycles. The lowest BCUT2D eigenvalue weighted by atomic mass is 10.1. The Morgan fingerprint density at radius 1 is 1.32 bits per heavy atom. The lowest BCUT2D eigenvalue weighted by Crippen LogP contribution is -2.27. The lowest BCUT2D eigenvalue weighted by Gasteiger charge is -2.13. The van der Waals surface area contributed by atoms with Crippen LogP contribution >= 0.6 is 11.8 Å². The van der Waals surface area contributed by atoms with Crippen molar-refractivity contribution in [1.82, 2.24) is 4.98 Å². The Kier molecular flexibility index (Phi) is 9.16. The molecule has 0 saturated carbocycles. The smallest absolute Gasteiger partial charge is 0.253 e. The number of aryl methyl sites for hydroxylation is 1. The molecule has 0 fully saturated rings. The lowest BCUT2D eigenvalue weighted by molar-refractivity contribution is -0.124. The number of aliphatic hydroxyl groups is 1. The first-order valence-electron chi connectivity index (χ1n) is 8.08. The Labute approximate surface area is 138 Å². The molecule has 1 rings (SSSR count). The maximum atomic E-state index is 12.0. The molecular weight excluding hydrogens is 296 g/mol. The van der Waals surface area contributed by atoms with E-state index in [4.69, 9.17) is 0 Å². The monoisotopic (exact) mass is 324 g/mol. The zero-order valence-corrected chi connectivity index (χ0v) is 14.7. The van der Waals surface area contributed by atoms with E-state index in [1.165, 1.54) is 25.7 Å². The average molecular weight is 324 g/mol. The fourth-order valence-electron chi connectivity index (χ4n) is 2.26. The van der Waals surface area contributed by atoms with E-state index in [0.717, 1.165) is 23.4 Å². The van der Waals surface area contributed by atoms with Crippen molar-refractivity contribution in [2.24, 2.45) is 0 Å². The summed E-state index contributed by atoms with van der Waals surface area (Å²) in [6.45, 7) is 4.11. The van der Waals surface area contributed by atoms with Gasteiger partial charge < -0.3 is 10.4 Å². The van der Waals surface area contributed by atoms with Crippen LogP contribution in [-0.2, 0) is 4.79 Å². The summed E-state index contributed by atoms with van der Waals surface area (Å²) in [5.41, 5.74) is 1.58. The first-order chi connectivity index (χ1) is 10.6. The number of anilines is 1. The van der Waals surface area contributed by atoms with E-state index in [1.807, 2.05) is 19.2 Å². The summed E-state index contributed by atoms with van der Waals surface area (Å²) < 4.78 is 0. The Balaban J connectivity index is 2.38. The van der Waals surface area contributed by atoms with Gasteiger partial charge in [0.05, 0.1) is 11.9 Å². The number of hydrogen-bond donors (Lipinski definition) is 2. The van der Waals surface area contributed by atoms with E-state index in [1.54, 1.807) is 18.0 Å². The molecule has 22 heavy (non-hydrogen) atoms. The number of hydrogen-bond acceptors (Lipinski definition) is 4. The highest BCUT2D eigenvalue weighted by Gasteiger charge is 2.16. The van der Waals surface area contributed by atoms with Gasteiger partial charge in [-0.25, -0.2) is 0 Å². The van der Waals surface area contributed by atoms with Gasteiger partial charge in [-0.1, -0.05) is 45.4 Å². The minimum absolute atomic E-state index is 0.338. The molecule has 0 aliphatic rings. The zero-order chi connectivity index (χ0) is 16.4. The maximum absolute atomic E-state index is 12.0. The fraction of sp³-hybridized carbons (Fsp3) is 0.647. The first kappa shape index (κ1) is 19.0. The van der Waals surface area contributed by atoms with Crippen LogP contribution in [-0.4, -0.2) is 28.4 Å². The van der Waals surface area contributed by atoms with Crippen LogP contribution in [0.2, 0.25) is 0 Å². The predicted octanol–water partition coefficient (Wildman–Crippen LogP) is 4.16. The standard InChI is InChI=1S/C17H28N2O2S/c1-4-5-6-7-8-9-10-15(20)17(21)19-14-12-18-13(2)11-16(14)22-3/h11-12,15,20H,4-10H2,1-3H3,(H,19,21)/t15-/m1/s1. The number of aliphatic hydroxyl groups excluding tert-OH is 1. The maximum Gasteiger partial charge on any atom is 0.253 e. The Morgan fingerprint density at radius 3 is 2.68 bits per heavy atom. The van der Waals surface area contributed by atoms with Crippen molar-refractivity contribution in [2.45, 2.75) is 69.8 Å².